The molecule has 1 amide bonds. The van der Waals surface area contributed by atoms with Crippen LogP contribution in [-0.2, 0) is 4.79 Å². The normalized spacial score (nSPS) is 10.6. The predicted molar refractivity (Wildman–Crippen MR) is 92.8 cm³/mol. The summed E-state index contributed by atoms with van der Waals surface area (Å²) in [7, 11) is 3.13. The molecule has 0 aliphatic rings. The molecule has 0 spiro atoms. The summed E-state index contributed by atoms with van der Waals surface area (Å²) in [5.74, 6) is 0.977. The van der Waals surface area contributed by atoms with Crippen molar-refractivity contribution in [1.82, 2.24) is 0 Å². The predicted octanol–water partition coefficient (Wildman–Crippen LogP) is 3.25. The van der Waals surface area contributed by atoms with Gasteiger partial charge >= 0.3 is 0 Å². The number of hydrogen-bond acceptors (Lipinski definition) is 4. The Kier molecular flexibility index (Phi) is 5.25. The molecule has 120 valence electrons. The lowest BCUT2D eigenvalue weighted by atomic mass is 10.1. The molecule has 23 heavy (non-hydrogen) atoms. The van der Waals surface area contributed by atoms with Crippen LogP contribution in [0.4, 0.5) is 11.4 Å². The maximum Gasteiger partial charge on any atom is 0.248 e. The molecule has 2 aromatic rings. The molecular weight excluding hydrogens is 292 g/mol. The van der Waals surface area contributed by atoms with Crippen LogP contribution in [0.25, 0.3) is 6.08 Å². The van der Waals surface area contributed by atoms with Crippen molar-refractivity contribution in [2.45, 2.75) is 6.92 Å². The van der Waals surface area contributed by atoms with E-state index in [0.29, 0.717) is 22.9 Å². The van der Waals surface area contributed by atoms with Gasteiger partial charge in [-0.05, 0) is 48.4 Å². The van der Waals surface area contributed by atoms with Crippen LogP contribution >= 0.6 is 0 Å². The zero-order valence-corrected chi connectivity index (χ0v) is 13.4. The number of nitrogens with two attached hydrogens (primary N) is 1. The molecule has 0 atom stereocenters. The third-order valence-electron chi connectivity index (χ3n) is 3.29. The summed E-state index contributed by atoms with van der Waals surface area (Å²) in [6, 6.07) is 10.9. The molecule has 2 aromatic carbocycles. The number of aryl methyl sites for hydroxylation is 1. The average Bonchev–Trinajstić information content (AvgIpc) is 2.53. The van der Waals surface area contributed by atoms with Crippen molar-refractivity contribution in [2.24, 2.45) is 0 Å². The zero-order valence-electron chi connectivity index (χ0n) is 13.4. The Morgan fingerprint density at radius 3 is 2.43 bits per heavy atom. The second-order valence-corrected chi connectivity index (χ2v) is 5.03. The lowest BCUT2D eigenvalue weighted by Crippen LogP contribution is -2.09. The van der Waals surface area contributed by atoms with E-state index < -0.39 is 0 Å². The van der Waals surface area contributed by atoms with E-state index in [-0.39, 0.29) is 5.91 Å². The summed E-state index contributed by atoms with van der Waals surface area (Å²) in [4.78, 5) is 12.1. The van der Waals surface area contributed by atoms with E-state index in [1.54, 1.807) is 32.4 Å². The Labute approximate surface area is 135 Å². The van der Waals surface area contributed by atoms with Crippen molar-refractivity contribution in [3.05, 3.63) is 53.6 Å². The van der Waals surface area contributed by atoms with Crippen LogP contribution in [0.1, 0.15) is 11.1 Å². The maximum absolute atomic E-state index is 12.1. The number of benzene rings is 2. The molecule has 0 heterocycles. The number of carbonyl (C=O) groups is 1. The van der Waals surface area contributed by atoms with E-state index in [0.717, 1.165) is 11.1 Å². The summed E-state index contributed by atoms with van der Waals surface area (Å²) < 4.78 is 10.3. The molecule has 0 radical (unpaired) electrons. The fourth-order valence-corrected chi connectivity index (χ4v) is 2.12. The minimum atomic E-state index is -0.247. The lowest BCUT2D eigenvalue weighted by molar-refractivity contribution is -0.111. The number of amides is 1. The molecule has 0 bridgehead atoms. The highest BCUT2D eigenvalue weighted by Crippen LogP contribution is 2.25. The third-order valence-corrected chi connectivity index (χ3v) is 3.29. The second-order valence-electron chi connectivity index (χ2n) is 5.03. The summed E-state index contributed by atoms with van der Waals surface area (Å²) in [6.07, 6.45) is 3.14. The van der Waals surface area contributed by atoms with E-state index in [1.165, 1.54) is 6.08 Å². The molecule has 5 nitrogen and oxygen atoms in total. The minimum Gasteiger partial charge on any atom is -0.495 e. The Hall–Kier alpha value is -2.95. The van der Waals surface area contributed by atoms with Crippen LogP contribution in [-0.4, -0.2) is 20.1 Å². The van der Waals surface area contributed by atoms with Gasteiger partial charge in [-0.25, -0.2) is 0 Å². The Morgan fingerprint density at radius 1 is 1.09 bits per heavy atom. The summed E-state index contributed by atoms with van der Waals surface area (Å²) >= 11 is 0. The smallest absolute Gasteiger partial charge is 0.248 e. The average molecular weight is 312 g/mol. The standard InChI is InChI=1S/C18H20N2O3/c1-12-4-7-17(23-3)15(10-12)20-18(21)9-6-13-5-8-16(22-2)14(19)11-13/h4-11H,19H2,1-3H3,(H,20,21)/b9-6+. The van der Waals surface area contributed by atoms with Gasteiger partial charge in [0.15, 0.2) is 0 Å². The first-order chi connectivity index (χ1) is 11.0. The van der Waals surface area contributed by atoms with Gasteiger partial charge in [0.2, 0.25) is 5.91 Å². The lowest BCUT2D eigenvalue weighted by Gasteiger charge is -2.09. The van der Waals surface area contributed by atoms with Crippen molar-refractivity contribution in [3.8, 4) is 11.5 Å². The summed E-state index contributed by atoms with van der Waals surface area (Å²) in [5.41, 5.74) is 8.85. The molecule has 0 saturated heterocycles. The monoisotopic (exact) mass is 312 g/mol. The van der Waals surface area contributed by atoms with E-state index in [2.05, 4.69) is 5.32 Å². The van der Waals surface area contributed by atoms with Gasteiger partial charge in [-0.2, -0.15) is 0 Å². The first-order valence-electron chi connectivity index (χ1n) is 7.10. The number of nitrogens with one attached hydrogen (secondary N) is 1. The maximum atomic E-state index is 12.1. The molecular formula is C18H20N2O3. The highest BCUT2D eigenvalue weighted by atomic mass is 16.5. The SMILES string of the molecule is COc1ccc(/C=C/C(=O)Nc2cc(C)ccc2OC)cc1N. The van der Waals surface area contributed by atoms with Gasteiger partial charge in [0.1, 0.15) is 11.5 Å². The van der Waals surface area contributed by atoms with Gasteiger partial charge in [-0.3, -0.25) is 4.79 Å². The van der Waals surface area contributed by atoms with Crippen LogP contribution in [0.5, 0.6) is 11.5 Å². The molecule has 0 aromatic heterocycles. The fourth-order valence-electron chi connectivity index (χ4n) is 2.12. The van der Waals surface area contributed by atoms with Crippen LogP contribution in [0.2, 0.25) is 0 Å². The van der Waals surface area contributed by atoms with Gasteiger partial charge in [-0.15, -0.1) is 0 Å². The molecule has 0 aliphatic heterocycles. The first kappa shape index (κ1) is 16.4. The van der Waals surface area contributed by atoms with E-state index in [9.17, 15) is 4.79 Å². The number of rotatable bonds is 5. The molecule has 0 fully saturated rings. The summed E-state index contributed by atoms with van der Waals surface area (Å²) in [5, 5.41) is 2.80. The highest BCUT2D eigenvalue weighted by Gasteiger charge is 2.06. The van der Waals surface area contributed by atoms with Crippen LogP contribution < -0.4 is 20.5 Å². The molecule has 0 aliphatic carbocycles. The molecule has 2 rings (SSSR count). The molecule has 3 N–H and O–H groups in total. The minimum absolute atomic E-state index is 0.247. The second kappa shape index (κ2) is 7.35. The van der Waals surface area contributed by atoms with Gasteiger partial charge in [0.05, 0.1) is 25.6 Å². The van der Waals surface area contributed by atoms with Crippen LogP contribution in [0.15, 0.2) is 42.5 Å². The Morgan fingerprint density at radius 2 is 1.78 bits per heavy atom. The molecule has 0 unspecified atom stereocenters. The molecule has 0 saturated carbocycles. The number of ether oxygens (including phenoxy) is 2. The van der Waals surface area contributed by atoms with Crippen molar-refractivity contribution in [1.29, 1.82) is 0 Å². The number of hydrogen-bond donors (Lipinski definition) is 2. The third kappa shape index (κ3) is 4.26. The number of methoxy groups -OCH3 is 2. The number of carbonyl (C=O) groups excluding carboxylic acids is 1. The number of nitrogen functional groups attached to an aromatic ring is 1. The quantitative estimate of drug-likeness (QED) is 0.656. The van der Waals surface area contributed by atoms with E-state index >= 15 is 0 Å². The van der Waals surface area contributed by atoms with E-state index in [1.807, 2.05) is 31.2 Å². The zero-order chi connectivity index (χ0) is 16.8. The fraction of sp³-hybridized carbons (Fsp3) is 0.167. The van der Waals surface area contributed by atoms with Gasteiger partial charge < -0.3 is 20.5 Å². The molecule has 5 heteroatoms. The van der Waals surface area contributed by atoms with Crippen molar-refractivity contribution >= 4 is 23.4 Å². The van der Waals surface area contributed by atoms with Crippen molar-refractivity contribution in [3.63, 3.8) is 0 Å². The Bertz CT molecular complexity index is 739. The first-order valence-corrected chi connectivity index (χ1v) is 7.10. The van der Waals surface area contributed by atoms with Gasteiger partial charge in [0.25, 0.3) is 0 Å². The largest absolute Gasteiger partial charge is 0.495 e. The number of anilines is 2. The van der Waals surface area contributed by atoms with Crippen molar-refractivity contribution in [2.75, 3.05) is 25.3 Å². The van der Waals surface area contributed by atoms with Crippen molar-refractivity contribution < 1.29 is 14.3 Å². The van der Waals surface area contributed by atoms with Gasteiger partial charge in [0, 0.05) is 6.08 Å². The topological polar surface area (TPSA) is 73.6 Å². The van der Waals surface area contributed by atoms with Crippen LogP contribution in [0, 0.1) is 6.92 Å². The Balaban J connectivity index is 2.10. The van der Waals surface area contributed by atoms with Gasteiger partial charge in [-0.1, -0.05) is 12.1 Å². The van der Waals surface area contributed by atoms with Crippen LogP contribution in [0.3, 0.4) is 0 Å². The summed E-state index contributed by atoms with van der Waals surface area (Å²) in [6.45, 7) is 1.95. The highest BCUT2D eigenvalue weighted by molar-refractivity contribution is 6.02. The van der Waals surface area contributed by atoms with E-state index in [4.69, 9.17) is 15.2 Å².